The summed E-state index contributed by atoms with van der Waals surface area (Å²) in [6, 6.07) is 5.83. The molecule has 0 saturated heterocycles. The summed E-state index contributed by atoms with van der Waals surface area (Å²) in [5, 5.41) is 1.27. The molecule has 0 bridgehead atoms. The third-order valence-corrected chi connectivity index (χ3v) is 4.13. The highest BCUT2D eigenvalue weighted by Gasteiger charge is 2.09. The van der Waals surface area contributed by atoms with Crippen LogP contribution < -0.4 is 0 Å². The Bertz CT molecular complexity index is 329. The fourth-order valence-electron chi connectivity index (χ4n) is 1.10. The summed E-state index contributed by atoms with van der Waals surface area (Å²) in [6.07, 6.45) is 0. The molecule has 0 heterocycles. The van der Waals surface area contributed by atoms with Crippen molar-refractivity contribution in [3.8, 4) is 0 Å². The van der Waals surface area contributed by atoms with Gasteiger partial charge in [-0.3, -0.25) is 0 Å². The number of halogens is 2. The fourth-order valence-corrected chi connectivity index (χ4v) is 2.55. The maximum absolute atomic E-state index is 5.94. The van der Waals surface area contributed by atoms with E-state index in [1.54, 1.807) is 0 Å². The Morgan fingerprint density at radius 1 is 1.13 bits per heavy atom. The Morgan fingerprint density at radius 3 is 2.33 bits per heavy atom. The van der Waals surface area contributed by atoms with Gasteiger partial charge in [-0.05, 0) is 28.9 Å². The van der Waals surface area contributed by atoms with Crippen molar-refractivity contribution in [2.45, 2.75) is 26.5 Å². The smallest absolute Gasteiger partial charge is 0.0595 e. The molecule has 3 heteroatoms. The predicted molar refractivity (Wildman–Crippen MR) is 72.1 cm³/mol. The van der Waals surface area contributed by atoms with E-state index >= 15 is 0 Å². The van der Waals surface area contributed by atoms with Crippen molar-refractivity contribution >= 4 is 35.0 Å². The van der Waals surface area contributed by atoms with Gasteiger partial charge in [0, 0.05) is 5.75 Å². The van der Waals surface area contributed by atoms with Gasteiger partial charge in [0.25, 0.3) is 0 Å². The lowest BCUT2D eigenvalue weighted by atomic mass is 10.0. The molecule has 0 radical (unpaired) electrons. The van der Waals surface area contributed by atoms with E-state index in [0.717, 1.165) is 11.5 Å². The van der Waals surface area contributed by atoms with Crippen molar-refractivity contribution in [3.05, 3.63) is 33.8 Å². The molecule has 0 aliphatic carbocycles. The van der Waals surface area contributed by atoms with Crippen molar-refractivity contribution in [2.24, 2.45) is 5.41 Å². The molecular formula is C12H16Cl2S. The molecule has 1 aromatic rings. The number of rotatable bonds is 3. The van der Waals surface area contributed by atoms with E-state index in [2.05, 4.69) is 20.8 Å². The molecule has 0 fully saturated rings. The van der Waals surface area contributed by atoms with Gasteiger partial charge in [-0.2, -0.15) is 11.8 Å². The van der Waals surface area contributed by atoms with Crippen molar-refractivity contribution in [3.63, 3.8) is 0 Å². The Hall–Kier alpha value is 0.150. The number of hydrogen-bond donors (Lipinski definition) is 0. The van der Waals surface area contributed by atoms with Crippen LogP contribution in [0, 0.1) is 5.41 Å². The van der Waals surface area contributed by atoms with Gasteiger partial charge in [-0.15, -0.1) is 0 Å². The highest BCUT2D eigenvalue weighted by Crippen LogP contribution is 2.27. The Kier molecular flexibility index (Phi) is 4.82. The topological polar surface area (TPSA) is 0 Å². The largest absolute Gasteiger partial charge is 0.157 e. The molecule has 0 nitrogen and oxygen atoms in total. The predicted octanol–water partition coefficient (Wildman–Crippen LogP) is 5.27. The highest BCUT2D eigenvalue weighted by atomic mass is 35.5. The molecule has 15 heavy (non-hydrogen) atoms. The molecule has 1 aromatic carbocycles. The molecule has 84 valence electrons. The molecule has 0 amide bonds. The fraction of sp³-hybridized carbons (Fsp3) is 0.500. The van der Waals surface area contributed by atoms with E-state index in [0.29, 0.717) is 15.5 Å². The minimum Gasteiger partial charge on any atom is -0.157 e. The van der Waals surface area contributed by atoms with Crippen molar-refractivity contribution in [1.82, 2.24) is 0 Å². The molecule has 0 aliphatic heterocycles. The quantitative estimate of drug-likeness (QED) is 0.715. The second kappa shape index (κ2) is 5.47. The van der Waals surface area contributed by atoms with E-state index < -0.39 is 0 Å². The van der Waals surface area contributed by atoms with E-state index in [1.165, 1.54) is 5.56 Å². The molecule has 0 aliphatic rings. The lowest BCUT2D eigenvalue weighted by Gasteiger charge is -2.17. The summed E-state index contributed by atoms with van der Waals surface area (Å²) < 4.78 is 0. The van der Waals surface area contributed by atoms with E-state index in [1.807, 2.05) is 30.0 Å². The minimum atomic E-state index is 0.376. The van der Waals surface area contributed by atoms with Crippen LogP contribution in [0.4, 0.5) is 0 Å². The minimum absolute atomic E-state index is 0.376. The Morgan fingerprint density at radius 2 is 1.80 bits per heavy atom. The van der Waals surface area contributed by atoms with Gasteiger partial charge in [-0.25, -0.2) is 0 Å². The standard InChI is InChI=1S/C12H16Cl2S/c1-12(2,3)8-15-7-9-4-5-10(13)11(14)6-9/h4-6H,7-8H2,1-3H3. The first-order valence-corrected chi connectivity index (χ1v) is 6.81. The zero-order valence-electron chi connectivity index (χ0n) is 9.31. The third kappa shape index (κ3) is 5.14. The first-order valence-electron chi connectivity index (χ1n) is 4.90. The first kappa shape index (κ1) is 13.2. The lowest BCUT2D eigenvalue weighted by molar-refractivity contribution is 0.480. The molecule has 0 aromatic heterocycles. The number of thioether (sulfide) groups is 1. The Labute approximate surface area is 106 Å². The molecule has 1 rings (SSSR count). The Balaban J connectivity index is 2.48. The first-order chi connectivity index (χ1) is 6.88. The van der Waals surface area contributed by atoms with Gasteiger partial charge in [0.1, 0.15) is 0 Å². The van der Waals surface area contributed by atoms with Crippen LogP contribution in [0.2, 0.25) is 10.0 Å². The van der Waals surface area contributed by atoms with Gasteiger partial charge in [0.05, 0.1) is 10.0 Å². The SMILES string of the molecule is CC(C)(C)CSCc1ccc(Cl)c(Cl)c1. The molecule has 0 N–H and O–H groups in total. The lowest BCUT2D eigenvalue weighted by Crippen LogP contribution is -2.08. The molecule has 0 atom stereocenters. The van der Waals surface area contributed by atoms with Crippen LogP contribution >= 0.6 is 35.0 Å². The van der Waals surface area contributed by atoms with E-state index in [4.69, 9.17) is 23.2 Å². The summed E-state index contributed by atoms with van der Waals surface area (Å²) in [5.41, 5.74) is 1.61. The van der Waals surface area contributed by atoms with Gasteiger partial charge >= 0.3 is 0 Å². The van der Waals surface area contributed by atoms with Crippen LogP contribution in [-0.2, 0) is 5.75 Å². The van der Waals surface area contributed by atoms with Crippen LogP contribution in [0.15, 0.2) is 18.2 Å². The summed E-state index contributed by atoms with van der Waals surface area (Å²) in [6.45, 7) is 6.73. The van der Waals surface area contributed by atoms with Crippen molar-refractivity contribution < 1.29 is 0 Å². The van der Waals surface area contributed by atoms with Gasteiger partial charge < -0.3 is 0 Å². The van der Waals surface area contributed by atoms with Crippen LogP contribution in [0.1, 0.15) is 26.3 Å². The molecule has 0 spiro atoms. The van der Waals surface area contributed by atoms with Gasteiger partial charge in [0.15, 0.2) is 0 Å². The highest BCUT2D eigenvalue weighted by molar-refractivity contribution is 7.98. The molecular weight excluding hydrogens is 247 g/mol. The second-order valence-electron chi connectivity index (χ2n) is 4.80. The monoisotopic (exact) mass is 262 g/mol. The summed E-state index contributed by atoms with van der Waals surface area (Å²) >= 11 is 13.7. The van der Waals surface area contributed by atoms with Crippen molar-refractivity contribution in [2.75, 3.05) is 5.75 Å². The molecule has 0 saturated carbocycles. The average molecular weight is 263 g/mol. The summed E-state index contributed by atoms with van der Waals surface area (Å²) in [7, 11) is 0. The third-order valence-electron chi connectivity index (χ3n) is 1.79. The maximum Gasteiger partial charge on any atom is 0.0595 e. The maximum atomic E-state index is 5.94. The summed E-state index contributed by atoms with van der Waals surface area (Å²) in [5.74, 6) is 2.14. The second-order valence-corrected chi connectivity index (χ2v) is 6.60. The summed E-state index contributed by atoms with van der Waals surface area (Å²) in [4.78, 5) is 0. The number of hydrogen-bond acceptors (Lipinski definition) is 1. The van der Waals surface area contributed by atoms with Crippen LogP contribution in [0.5, 0.6) is 0 Å². The van der Waals surface area contributed by atoms with Crippen LogP contribution in [0.3, 0.4) is 0 Å². The normalized spacial score (nSPS) is 11.8. The zero-order chi connectivity index (χ0) is 11.5. The van der Waals surface area contributed by atoms with Gasteiger partial charge in [-0.1, -0.05) is 50.0 Å². The van der Waals surface area contributed by atoms with Crippen molar-refractivity contribution in [1.29, 1.82) is 0 Å². The van der Waals surface area contributed by atoms with Crippen LogP contribution in [0.25, 0.3) is 0 Å². The zero-order valence-corrected chi connectivity index (χ0v) is 11.6. The van der Waals surface area contributed by atoms with E-state index in [-0.39, 0.29) is 0 Å². The molecule has 0 unspecified atom stereocenters. The average Bonchev–Trinajstić information content (AvgIpc) is 2.09. The van der Waals surface area contributed by atoms with Gasteiger partial charge in [0.2, 0.25) is 0 Å². The van der Waals surface area contributed by atoms with E-state index in [9.17, 15) is 0 Å². The number of benzene rings is 1. The van der Waals surface area contributed by atoms with Crippen LogP contribution in [-0.4, -0.2) is 5.75 Å².